The Morgan fingerprint density at radius 1 is 1.17 bits per heavy atom. The van der Waals surface area contributed by atoms with Gasteiger partial charge in [0.05, 0.1) is 5.60 Å². The van der Waals surface area contributed by atoms with Crippen molar-refractivity contribution in [2.45, 2.75) is 124 Å². The molecule has 0 aromatic rings. The average molecular weight is 423 g/mol. The summed E-state index contributed by atoms with van der Waals surface area (Å²) >= 11 is 0. The molecular formula is C25H50N2OSi. The molecule has 2 aliphatic rings. The van der Waals surface area contributed by atoms with E-state index in [2.05, 4.69) is 60.5 Å². The molecule has 2 saturated carbocycles. The molecule has 0 aromatic heterocycles. The molecule has 0 aromatic carbocycles. The highest BCUT2D eigenvalue weighted by Gasteiger charge is 2.52. The van der Waals surface area contributed by atoms with Crippen molar-refractivity contribution in [1.29, 1.82) is 0 Å². The van der Waals surface area contributed by atoms with Crippen LogP contribution in [-0.2, 0) is 4.43 Å². The molecule has 29 heavy (non-hydrogen) atoms. The molecule has 0 radical (unpaired) electrons. The Morgan fingerprint density at radius 2 is 1.79 bits per heavy atom. The van der Waals surface area contributed by atoms with Gasteiger partial charge in [0.2, 0.25) is 0 Å². The summed E-state index contributed by atoms with van der Waals surface area (Å²) in [6.45, 7) is 19.0. The van der Waals surface area contributed by atoms with Gasteiger partial charge in [-0.2, -0.15) is 5.10 Å². The lowest BCUT2D eigenvalue weighted by molar-refractivity contribution is 0.0727. The van der Waals surface area contributed by atoms with E-state index in [9.17, 15) is 0 Å². The molecule has 5 atom stereocenters. The van der Waals surface area contributed by atoms with Crippen LogP contribution in [0.4, 0.5) is 0 Å². The average Bonchev–Trinajstić information content (AvgIpc) is 3.03. The lowest BCUT2D eigenvalue weighted by Crippen LogP contribution is -2.44. The third kappa shape index (κ3) is 5.29. The van der Waals surface area contributed by atoms with Gasteiger partial charge in [-0.15, -0.1) is 0 Å². The van der Waals surface area contributed by atoms with Crippen molar-refractivity contribution in [3.8, 4) is 0 Å². The van der Waals surface area contributed by atoms with Crippen LogP contribution in [0.25, 0.3) is 0 Å². The van der Waals surface area contributed by atoms with Gasteiger partial charge >= 0.3 is 0 Å². The van der Waals surface area contributed by atoms with Crippen LogP contribution in [-0.4, -0.2) is 19.6 Å². The molecule has 2 rings (SSSR count). The standard InChI is InChI=1S/C25H50N2OSi/c1-9-29(10-2,11-3)28-24(6,7)17-12-13-19(4)21-14-15-22-23(27-26)20(5)16-18-25(21,22)8/h19-22H,9-18,26H2,1-8H3/b27-23+/t19-,20-,21-,22+,25-/m1/s1. The number of nitrogens with zero attached hydrogens (tertiary/aromatic N) is 1. The lowest BCUT2D eigenvalue weighted by Gasteiger charge is -2.45. The SMILES string of the molecule is CC[Si](CC)(CC)OC(C)(C)CCC[C@@H](C)[C@H]1CC[C@H]2/C(=N/N)[C@H](C)CC[C@]12C. The Hall–Kier alpha value is -0.353. The predicted octanol–water partition coefficient (Wildman–Crippen LogP) is 7.37. The van der Waals surface area contributed by atoms with Gasteiger partial charge < -0.3 is 10.3 Å². The maximum atomic E-state index is 6.84. The topological polar surface area (TPSA) is 47.6 Å². The lowest BCUT2D eigenvalue weighted by atomic mass is 9.59. The molecule has 0 saturated heterocycles. The summed E-state index contributed by atoms with van der Waals surface area (Å²) in [4.78, 5) is 0. The minimum atomic E-state index is -1.53. The van der Waals surface area contributed by atoms with E-state index in [0.717, 1.165) is 11.8 Å². The highest BCUT2D eigenvalue weighted by atomic mass is 28.4. The summed E-state index contributed by atoms with van der Waals surface area (Å²) < 4.78 is 6.84. The second kappa shape index (κ2) is 9.85. The van der Waals surface area contributed by atoms with Gasteiger partial charge in [-0.1, -0.05) is 54.4 Å². The van der Waals surface area contributed by atoms with E-state index in [1.54, 1.807) is 0 Å². The molecule has 2 N–H and O–H groups in total. The molecule has 0 unspecified atom stereocenters. The van der Waals surface area contributed by atoms with E-state index in [0.29, 0.717) is 17.3 Å². The zero-order valence-electron chi connectivity index (χ0n) is 20.8. The first-order chi connectivity index (χ1) is 13.6. The van der Waals surface area contributed by atoms with Crippen LogP contribution in [0.2, 0.25) is 18.1 Å². The largest absolute Gasteiger partial charge is 0.412 e. The number of rotatable bonds is 10. The summed E-state index contributed by atoms with van der Waals surface area (Å²) in [7, 11) is -1.53. The number of hydrogen-bond acceptors (Lipinski definition) is 3. The number of fused-ring (bicyclic) bond motifs is 1. The Balaban J connectivity index is 1.93. The summed E-state index contributed by atoms with van der Waals surface area (Å²) in [6, 6.07) is 3.72. The predicted molar refractivity (Wildman–Crippen MR) is 130 cm³/mol. The minimum absolute atomic E-state index is 0.0235. The molecular weight excluding hydrogens is 372 g/mol. The molecule has 0 aliphatic heterocycles. The van der Waals surface area contributed by atoms with E-state index in [4.69, 9.17) is 10.3 Å². The molecule has 2 fully saturated rings. The van der Waals surface area contributed by atoms with Gasteiger partial charge in [0.1, 0.15) is 0 Å². The molecule has 0 heterocycles. The second-order valence-electron chi connectivity index (χ2n) is 11.2. The van der Waals surface area contributed by atoms with Crippen molar-refractivity contribution in [3.63, 3.8) is 0 Å². The Morgan fingerprint density at radius 3 is 2.34 bits per heavy atom. The summed E-state index contributed by atoms with van der Waals surface area (Å²) in [5.41, 5.74) is 1.74. The first kappa shape index (κ1) is 24.9. The van der Waals surface area contributed by atoms with Crippen LogP contribution in [0.5, 0.6) is 0 Å². The fourth-order valence-electron chi connectivity index (χ4n) is 6.93. The molecule has 3 nitrogen and oxygen atoms in total. The monoisotopic (exact) mass is 422 g/mol. The quantitative estimate of drug-likeness (QED) is 0.227. The molecule has 0 bridgehead atoms. The fourth-order valence-corrected chi connectivity index (χ4v) is 10.1. The minimum Gasteiger partial charge on any atom is -0.412 e. The summed E-state index contributed by atoms with van der Waals surface area (Å²) in [6.07, 6.45) is 9.03. The third-order valence-electron chi connectivity index (χ3n) is 9.09. The van der Waals surface area contributed by atoms with E-state index in [-0.39, 0.29) is 5.60 Å². The Bertz CT molecular complexity index is 549. The van der Waals surface area contributed by atoms with Crippen molar-refractivity contribution >= 4 is 14.0 Å². The highest BCUT2D eigenvalue weighted by molar-refractivity contribution is 6.73. The molecule has 170 valence electrons. The van der Waals surface area contributed by atoms with Crippen LogP contribution in [0.15, 0.2) is 5.10 Å². The third-order valence-corrected chi connectivity index (χ3v) is 13.9. The molecule has 4 heteroatoms. The van der Waals surface area contributed by atoms with Crippen molar-refractivity contribution in [3.05, 3.63) is 0 Å². The number of nitrogens with two attached hydrogens (primary N) is 1. The first-order valence-corrected chi connectivity index (χ1v) is 15.1. The number of hydrazone groups is 1. The van der Waals surface area contributed by atoms with Crippen LogP contribution in [0, 0.1) is 29.1 Å². The highest BCUT2D eigenvalue weighted by Crippen LogP contribution is 2.58. The van der Waals surface area contributed by atoms with Crippen molar-refractivity contribution in [1.82, 2.24) is 0 Å². The van der Waals surface area contributed by atoms with Crippen molar-refractivity contribution in [2.24, 2.45) is 40.0 Å². The summed E-state index contributed by atoms with van der Waals surface area (Å²) in [5.74, 6) is 8.61. The van der Waals surface area contributed by atoms with Crippen LogP contribution in [0.3, 0.4) is 0 Å². The zero-order valence-corrected chi connectivity index (χ0v) is 21.8. The zero-order chi connectivity index (χ0) is 21.9. The van der Waals surface area contributed by atoms with E-state index in [1.165, 1.54) is 68.8 Å². The number of hydrogen-bond donors (Lipinski definition) is 1. The molecule has 0 amide bonds. The van der Waals surface area contributed by atoms with Gasteiger partial charge in [-0.05, 0) is 87.3 Å². The van der Waals surface area contributed by atoms with Gasteiger partial charge in [0.25, 0.3) is 0 Å². The van der Waals surface area contributed by atoms with Gasteiger partial charge in [0, 0.05) is 11.6 Å². The van der Waals surface area contributed by atoms with Crippen LogP contribution < -0.4 is 5.84 Å². The smallest absolute Gasteiger partial charge is 0.192 e. The van der Waals surface area contributed by atoms with Crippen LogP contribution >= 0.6 is 0 Å². The van der Waals surface area contributed by atoms with E-state index in [1.807, 2.05) is 0 Å². The Kier molecular flexibility index (Phi) is 8.46. The Labute approximate surface area is 182 Å². The summed E-state index contributed by atoms with van der Waals surface area (Å²) in [5, 5.41) is 4.27. The van der Waals surface area contributed by atoms with Gasteiger partial charge in [-0.3, -0.25) is 0 Å². The van der Waals surface area contributed by atoms with Crippen molar-refractivity contribution < 1.29 is 4.43 Å². The van der Waals surface area contributed by atoms with Crippen molar-refractivity contribution in [2.75, 3.05) is 0 Å². The molecule has 2 aliphatic carbocycles. The second-order valence-corrected chi connectivity index (χ2v) is 15.9. The van der Waals surface area contributed by atoms with Crippen LogP contribution in [0.1, 0.15) is 100 Å². The van der Waals surface area contributed by atoms with E-state index < -0.39 is 8.32 Å². The maximum Gasteiger partial charge on any atom is 0.192 e. The normalized spacial score (nSPS) is 33.1. The first-order valence-electron chi connectivity index (χ1n) is 12.6. The van der Waals surface area contributed by atoms with E-state index >= 15 is 0 Å². The van der Waals surface area contributed by atoms with Gasteiger partial charge in [-0.25, -0.2) is 0 Å². The fraction of sp³-hybridized carbons (Fsp3) is 0.960. The maximum absolute atomic E-state index is 6.84. The molecule has 0 spiro atoms. The van der Waals surface area contributed by atoms with Gasteiger partial charge in [0.15, 0.2) is 8.32 Å².